The number of allylic oxidation sites excluding steroid dienone is 1. The van der Waals surface area contributed by atoms with Crippen molar-refractivity contribution in [3.63, 3.8) is 0 Å². The summed E-state index contributed by atoms with van der Waals surface area (Å²) in [4.78, 5) is 6.02. The third-order valence-corrected chi connectivity index (χ3v) is 5.31. The normalized spacial score (nSPS) is 12.8. The van der Waals surface area contributed by atoms with Gasteiger partial charge in [0.15, 0.2) is 0 Å². The van der Waals surface area contributed by atoms with Crippen molar-refractivity contribution < 1.29 is 0 Å². The van der Waals surface area contributed by atoms with E-state index in [1.807, 2.05) is 6.07 Å². The molecule has 0 aliphatic heterocycles. The molecular formula is C21H23NS2. The molecule has 0 saturated carbocycles. The summed E-state index contributed by atoms with van der Waals surface area (Å²) in [7, 11) is 0. The van der Waals surface area contributed by atoms with Crippen LogP contribution in [0.15, 0.2) is 87.6 Å². The Balaban J connectivity index is 2.10. The van der Waals surface area contributed by atoms with Crippen molar-refractivity contribution >= 4 is 34.3 Å². The molecule has 0 spiro atoms. The molecule has 24 heavy (non-hydrogen) atoms. The first-order valence-corrected chi connectivity index (χ1v) is 9.82. The minimum atomic E-state index is 0.960. The highest BCUT2D eigenvalue weighted by molar-refractivity contribution is 8.14. The number of thioether (sulfide) groups is 2. The van der Waals surface area contributed by atoms with Crippen LogP contribution in [0, 0.1) is 6.92 Å². The van der Waals surface area contributed by atoms with Gasteiger partial charge in [-0.15, -0.1) is 11.8 Å². The summed E-state index contributed by atoms with van der Waals surface area (Å²) in [6, 6.07) is 18.7. The number of hydrogen-bond acceptors (Lipinski definition) is 3. The van der Waals surface area contributed by atoms with Gasteiger partial charge in [-0.3, -0.25) is 0 Å². The van der Waals surface area contributed by atoms with Gasteiger partial charge in [0, 0.05) is 10.6 Å². The minimum Gasteiger partial charge on any atom is -0.242 e. The second-order valence-electron chi connectivity index (χ2n) is 5.44. The van der Waals surface area contributed by atoms with Crippen LogP contribution in [0.1, 0.15) is 19.4 Å². The minimum absolute atomic E-state index is 0.960. The van der Waals surface area contributed by atoms with E-state index in [-0.39, 0.29) is 0 Å². The predicted molar refractivity (Wildman–Crippen MR) is 112 cm³/mol. The molecule has 0 amide bonds. The van der Waals surface area contributed by atoms with Gasteiger partial charge in [-0.05, 0) is 56.5 Å². The maximum absolute atomic E-state index is 4.79. The lowest BCUT2D eigenvalue weighted by atomic mass is 10.2. The predicted octanol–water partition coefficient (Wildman–Crippen LogP) is 7.03. The first-order chi connectivity index (χ1) is 11.7. The Hall–Kier alpha value is -1.71. The zero-order valence-electron chi connectivity index (χ0n) is 14.4. The van der Waals surface area contributed by atoms with Crippen LogP contribution in [0.3, 0.4) is 0 Å². The molecule has 0 N–H and O–H groups in total. The van der Waals surface area contributed by atoms with Gasteiger partial charge in [-0.2, -0.15) is 0 Å². The summed E-state index contributed by atoms with van der Waals surface area (Å²) < 4.78 is 0. The summed E-state index contributed by atoms with van der Waals surface area (Å²) in [5.74, 6) is 0.960. The van der Waals surface area contributed by atoms with Crippen LogP contribution < -0.4 is 0 Å². The molecule has 0 atom stereocenters. The molecule has 2 aromatic rings. The van der Waals surface area contributed by atoms with Crippen LogP contribution in [0.2, 0.25) is 0 Å². The summed E-state index contributed by atoms with van der Waals surface area (Å²) in [5.41, 5.74) is 3.61. The van der Waals surface area contributed by atoms with Crippen molar-refractivity contribution in [1.29, 1.82) is 0 Å². The van der Waals surface area contributed by atoms with E-state index in [4.69, 9.17) is 4.99 Å². The summed E-state index contributed by atoms with van der Waals surface area (Å²) in [6.07, 6.45) is 4.25. The van der Waals surface area contributed by atoms with E-state index in [0.29, 0.717) is 0 Å². The van der Waals surface area contributed by atoms with E-state index in [1.54, 1.807) is 23.5 Å². The number of hydrogen-bond donors (Lipinski definition) is 0. The fourth-order valence-corrected chi connectivity index (χ4v) is 3.44. The molecule has 0 unspecified atom stereocenters. The number of benzene rings is 2. The molecule has 124 valence electrons. The number of rotatable bonds is 6. The summed E-state index contributed by atoms with van der Waals surface area (Å²) >= 11 is 3.48. The molecular weight excluding hydrogens is 330 g/mol. The lowest BCUT2D eigenvalue weighted by Crippen LogP contribution is -1.90. The van der Waals surface area contributed by atoms with Crippen LogP contribution in [0.4, 0.5) is 5.69 Å². The van der Waals surface area contributed by atoms with Crippen molar-refractivity contribution in [3.05, 3.63) is 83.3 Å². The second kappa shape index (κ2) is 10.2. The molecule has 0 heterocycles. The van der Waals surface area contributed by atoms with Crippen molar-refractivity contribution in [2.24, 2.45) is 4.99 Å². The summed E-state index contributed by atoms with van der Waals surface area (Å²) in [5, 5.41) is 3.14. The topological polar surface area (TPSA) is 12.4 Å². The van der Waals surface area contributed by atoms with Gasteiger partial charge < -0.3 is 0 Å². The Morgan fingerprint density at radius 2 is 1.75 bits per heavy atom. The molecule has 2 aromatic carbocycles. The average Bonchev–Trinajstić information content (AvgIpc) is 2.62. The van der Waals surface area contributed by atoms with E-state index in [1.165, 1.54) is 16.0 Å². The zero-order valence-corrected chi connectivity index (χ0v) is 16.0. The number of aliphatic imine (C=N–C) groups is 1. The molecule has 0 radical (unpaired) electrons. The molecule has 1 nitrogen and oxygen atoms in total. The van der Waals surface area contributed by atoms with Crippen LogP contribution in [-0.4, -0.2) is 10.8 Å². The van der Waals surface area contributed by atoms with Crippen LogP contribution in [0.25, 0.3) is 0 Å². The molecule has 0 saturated heterocycles. The standard InChI is InChI=1S/C21H23NS2/c1-4-17(2)16-24-21(22-19-12-10-18(3)11-13-19)14-15-23-20-8-6-5-7-9-20/h4-15H,16H2,1-3H3. The van der Waals surface area contributed by atoms with Crippen molar-refractivity contribution in [3.8, 4) is 0 Å². The van der Waals surface area contributed by atoms with Gasteiger partial charge in [0.1, 0.15) is 0 Å². The van der Waals surface area contributed by atoms with E-state index in [0.717, 1.165) is 16.5 Å². The fourth-order valence-electron chi connectivity index (χ4n) is 1.81. The maximum Gasteiger partial charge on any atom is 0.0975 e. The number of nitrogens with zero attached hydrogens (tertiary/aromatic N) is 1. The second-order valence-corrected chi connectivity index (χ2v) is 7.42. The molecule has 3 heteroatoms. The lowest BCUT2D eigenvalue weighted by molar-refractivity contribution is 1.38. The highest BCUT2D eigenvalue weighted by atomic mass is 32.2. The van der Waals surface area contributed by atoms with Crippen molar-refractivity contribution in [1.82, 2.24) is 0 Å². The van der Waals surface area contributed by atoms with E-state index >= 15 is 0 Å². The molecule has 0 fully saturated rings. The zero-order chi connectivity index (χ0) is 17.2. The van der Waals surface area contributed by atoms with E-state index in [2.05, 4.69) is 86.9 Å². The average molecular weight is 354 g/mol. The largest absolute Gasteiger partial charge is 0.242 e. The van der Waals surface area contributed by atoms with Gasteiger partial charge in [-0.1, -0.05) is 59.3 Å². The van der Waals surface area contributed by atoms with Crippen molar-refractivity contribution in [2.75, 3.05) is 5.75 Å². The highest BCUT2D eigenvalue weighted by Gasteiger charge is 1.99. The first kappa shape index (κ1) is 18.6. The number of aryl methyl sites for hydroxylation is 1. The van der Waals surface area contributed by atoms with Gasteiger partial charge in [0.25, 0.3) is 0 Å². The van der Waals surface area contributed by atoms with E-state index < -0.39 is 0 Å². The van der Waals surface area contributed by atoms with Gasteiger partial charge in [0.05, 0.1) is 10.7 Å². The Morgan fingerprint density at radius 3 is 2.42 bits per heavy atom. The van der Waals surface area contributed by atoms with E-state index in [9.17, 15) is 0 Å². The lowest BCUT2D eigenvalue weighted by Gasteiger charge is -2.03. The summed E-state index contributed by atoms with van der Waals surface area (Å²) in [6.45, 7) is 6.32. The Morgan fingerprint density at radius 1 is 1.04 bits per heavy atom. The van der Waals surface area contributed by atoms with Gasteiger partial charge in [0.2, 0.25) is 0 Å². The third kappa shape index (κ3) is 6.81. The highest BCUT2D eigenvalue weighted by Crippen LogP contribution is 2.22. The molecule has 0 bridgehead atoms. The quantitative estimate of drug-likeness (QED) is 0.239. The van der Waals surface area contributed by atoms with Gasteiger partial charge in [-0.25, -0.2) is 4.99 Å². The SMILES string of the molecule is CC=C(C)CSC(C=CSc1ccccc1)=Nc1ccc(C)cc1. The Kier molecular flexibility index (Phi) is 7.93. The molecule has 2 rings (SSSR count). The molecule has 0 aromatic heterocycles. The van der Waals surface area contributed by atoms with Crippen LogP contribution >= 0.6 is 23.5 Å². The smallest absolute Gasteiger partial charge is 0.0975 e. The molecule has 0 aliphatic carbocycles. The first-order valence-electron chi connectivity index (χ1n) is 7.95. The third-order valence-electron chi connectivity index (χ3n) is 3.37. The van der Waals surface area contributed by atoms with Crippen LogP contribution in [-0.2, 0) is 0 Å². The fraction of sp³-hybridized carbons (Fsp3) is 0.190. The Labute approximate surface area is 154 Å². The van der Waals surface area contributed by atoms with Crippen LogP contribution in [0.5, 0.6) is 0 Å². The monoisotopic (exact) mass is 353 g/mol. The maximum atomic E-state index is 4.79. The van der Waals surface area contributed by atoms with Crippen molar-refractivity contribution in [2.45, 2.75) is 25.7 Å². The molecule has 0 aliphatic rings. The van der Waals surface area contributed by atoms with Gasteiger partial charge >= 0.3 is 0 Å². The Bertz CT molecular complexity index is 713.